The van der Waals surface area contributed by atoms with Gasteiger partial charge in [-0.1, -0.05) is 12.1 Å². The lowest BCUT2D eigenvalue weighted by Gasteiger charge is -2.33. The van der Waals surface area contributed by atoms with E-state index in [1.54, 1.807) is 24.3 Å². The van der Waals surface area contributed by atoms with Crippen LogP contribution in [0.5, 0.6) is 0 Å². The zero-order valence-electron chi connectivity index (χ0n) is 13.1. The van der Waals surface area contributed by atoms with E-state index in [2.05, 4.69) is 30.5 Å². The third-order valence-electron chi connectivity index (χ3n) is 4.84. The number of carbonyl (C=O) groups is 1. The van der Waals surface area contributed by atoms with Crippen molar-refractivity contribution < 1.29 is 9.21 Å². The summed E-state index contributed by atoms with van der Waals surface area (Å²) in [5.74, 6) is 0.157. The van der Waals surface area contributed by atoms with Gasteiger partial charge in [-0.25, -0.2) is 0 Å². The van der Waals surface area contributed by atoms with Crippen molar-refractivity contribution in [2.75, 3.05) is 12.8 Å². The Morgan fingerprint density at radius 3 is 2.70 bits per heavy atom. The maximum atomic E-state index is 13.0. The summed E-state index contributed by atoms with van der Waals surface area (Å²) in [6.45, 7) is 0.879. The van der Waals surface area contributed by atoms with E-state index >= 15 is 0 Å². The van der Waals surface area contributed by atoms with Gasteiger partial charge in [-0.15, -0.1) is 11.8 Å². The van der Waals surface area contributed by atoms with E-state index in [0.29, 0.717) is 6.04 Å². The van der Waals surface area contributed by atoms with Crippen molar-refractivity contribution in [2.45, 2.75) is 30.2 Å². The fourth-order valence-corrected chi connectivity index (χ4v) is 4.09. The summed E-state index contributed by atoms with van der Waals surface area (Å²) in [6, 6.07) is 10.8. The molecule has 23 heavy (non-hydrogen) atoms. The van der Waals surface area contributed by atoms with Crippen molar-refractivity contribution >= 4 is 28.8 Å². The van der Waals surface area contributed by atoms with Gasteiger partial charge in [0.05, 0.1) is 18.1 Å². The van der Waals surface area contributed by atoms with Crippen molar-refractivity contribution in [3.8, 4) is 0 Å². The quantitative estimate of drug-likeness (QED) is 0.789. The molecular weight excluding hydrogens is 306 g/mol. The molecule has 1 aromatic carbocycles. The predicted octanol–water partition coefficient (Wildman–Crippen LogP) is 4.31. The fraction of sp³-hybridized carbons (Fsp3) is 0.316. The third-order valence-corrected chi connectivity index (χ3v) is 5.59. The van der Waals surface area contributed by atoms with Crippen LogP contribution in [0.25, 0.3) is 11.1 Å². The molecule has 0 aliphatic carbocycles. The van der Waals surface area contributed by atoms with Crippen LogP contribution in [-0.2, 0) is 4.79 Å². The van der Waals surface area contributed by atoms with Gasteiger partial charge in [0.25, 0.3) is 5.91 Å². The number of hydrogen-bond donors (Lipinski definition) is 0. The number of benzene rings is 1. The monoisotopic (exact) mass is 325 g/mol. The second-order valence-corrected chi connectivity index (χ2v) is 6.97. The Morgan fingerprint density at radius 2 is 2.00 bits per heavy atom. The number of furan rings is 1. The first-order valence-corrected chi connectivity index (χ1v) is 9.21. The first kappa shape index (κ1) is 14.6. The molecule has 0 bridgehead atoms. The van der Waals surface area contributed by atoms with Crippen molar-refractivity contribution in [1.29, 1.82) is 0 Å². The van der Waals surface area contributed by atoms with Gasteiger partial charge < -0.3 is 9.32 Å². The van der Waals surface area contributed by atoms with Gasteiger partial charge in [-0.3, -0.25) is 4.79 Å². The second kappa shape index (κ2) is 5.93. The Hall–Kier alpha value is -1.94. The Bertz CT molecular complexity index is 746. The summed E-state index contributed by atoms with van der Waals surface area (Å²) in [4.78, 5) is 16.3. The molecule has 1 aromatic heterocycles. The van der Waals surface area contributed by atoms with Crippen LogP contribution in [0.1, 0.15) is 30.4 Å². The molecule has 1 amide bonds. The highest BCUT2D eigenvalue weighted by molar-refractivity contribution is 7.98. The largest absolute Gasteiger partial charge is 0.472 e. The number of thioether (sulfide) groups is 1. The van der Waals surface area contributed by atoms with E-state index in [1.165, 1.54) is 4.90 Å². The Balaban J connectivity index is 1.84. The number of carbonyl (C=O) groups excluding carboxylic acids is 1. The number of fused-ring (bicyclic) bond motifs is 1. The van der Waals surface area contributed by atoms with Gasteiger partial charge in [0, 0.05) is 23.0 Å². The molecule has 118 valence electrons. The number of rotatable bonds is 3. The third kappa shape index (κ3) is 2.51. The summed E-state index contributed by atoms with van der Waals surface area (Å²) in [7, 11) is 0. The summed E-state index contributed by atoms with van der Waals surface area (Å²) >= 11 is 1.73. The van der Waals surface area contributed by atoms with E-state index < -0.39 is 0 Å². The topological polar surface area (TPSA) is 33.5 Å². The van der Waals surface area contributed by atoms with Crippen LogP contribution >= 0.6 is 11.8 Å². The molecule has 1 atom stereocenters. The van der Waals surface area contributed by atoms with E-state index in [1.807, 2.05) is 11.0 Å². The van der Waals surface area contributed by atoms with Gasteiger partial charge in [0.2, 0.25) is 0 Å². The first-order valence-electron chi connectivity index (χ1n) is 7.99. The molecule has 0 N–H and O–H groups in total. The Morgan fingerprint density at radius 1 is 1.17 bits per heavy atom. The van der Waals surface area contributed by atoms with Crippen LogP contribution in [0.4, 0.5) is 0 Å². The van der Waals surface area contributed by atoms with Gasteiger partial charge in [0.1, 0.15) is 0 Å². The van der Waals surface area contributed by atoms with Crippen molar-refractivity contribution in [1.82, 2.24) is 4.90 Å². The van der Waals surface area contributed by atoms with Crippen LogP contribution < -0.4 is 0 Å². The minimum Gasteiger partial charge on any atom is -0.472 e. The lowest BCUT2D eigenvalue weighted by atomic mass is 9.86. The van der Waals surface area contributed by atoms with Crippen LogP contribution in [0.3, 0.4) is 0 Å². The first-order chi connectivity index (χ1) is 11.3. The molecule has 1 unspecified atom stereocenters. The van der Waals surface area contributed by atoms with Gasteiger partial charge >= 0.3 is 0 Å². The average molecular weight is 325 g/mol. The summed E-state index contributed by atoms with van der Waals surface area (Å²) in [6.07, 6.45) is 8.54. The van der Waals surface area contributed by atoms with Crippen molar-refractivity contribution in [3.05, 3.63) is 54.0 Å². The van der Waals surface area contributed by atoms with Crippen LogP contribution in [0, 0.1) is 0 Å². The fourth-order valence-electron chi connectivity index (χ4n) is 3.68. The molecule has 3 heterocycles. The van der Waals surface area contributed by atoms with Crippen LogP contribution in [-0.4, -0.2) is 29.6 Å². The zero-order chi connectivity index (χ0) is 15.8. The predicted molar refractivity (Wildman–Crippen MR) is 93.1 cm³/mol. The molecule has 2 aliphatic heterocycles. The van der Waals surface area contributed by atoms with E-state index in [-0.39, 0.29) is 5.91 Å². The van der Waals surface area contributed by atoms with E-state index in [0.717, 1.165) is 48.1 Å². The van der Waals surface area contributed by atoms with Crippen molar-refractivity contribution in [2.24, 2.45) is 0 Å². The zero-order valence-corrected chi connectivity index (χ0v) is 13.9. The van der Waals surface area contributed by atoms with E-state index in [9.17, 15) is 4.79 Å². The molecule has 0 radical (unpaired) electrons. The number of nitrogens with zero attached hydrogens (tertiary/aromatic N) is 1. The summed E-state index contributed by atoms with van der Waals surface area (Å²) in [5.41, 5.74) is 4.02. The molecule has 0 spiro atoms. The normalized spacial score (nSPS) is 21.0. The van der Waals surface area contributed by atoms with Crippen molar-refractivity contribution in [3.63, 3.8) is 0 Å². The average Bonchev–Trinajstić information content (AvgIpc) is 3.26. The van der Waals surface area contributed by atoms with Gasteiger partial charge in [-0.2, -0.15) is 0 Å². The summed E-state index contributed by atoms with van der Waals surface area (Å²) in [5, 5.41) is 0. The van der Waals surface area contributed by atoms with Gasteiger partial charge in [0.15, 0.2) is 0 Å². The molecule has 2 aliphatic rings. The molecule has 0 saturated carbocycles. The van der Waals surface area contributed by atoms with Crippen LogP contribution in [0.2, 0.25) is 0 Å². The smallest absolute Gasteiger partial charge is 0.255 e. The lowest BCUT2D eigenvalue weighted by molar-refractivity contribution is -0.126. The van der Waals surface area contributed by atoms with E-state index in [4.69, 9.17) is 4.42 Å². The highest BCUT2D eigenvalue weighted by Crippen LogP contribution is 2.40. The molecular formula is C19H19NO2S. The summed E-state index contributed by atoms with van der Waals surface area (Å²) < 4.78 is 5.24. The molecule has 1 saturated heterocycles. The minimum atomic E-state index is 0.157. The van der Waals surface area contributed by atoms with Crippen LogP contribution in [0.15, 0.2) is 52.2 Å². The maximum absolute atomic E-state index is 13.0. The highest BCUT2D eigenvalue weighted by Gasteiger charge is 2.38. The lowest BCUT2D eigenvalue weighted by Crippen LogP contribution is -2.39. The standard InChI is InChI=1S/C19H19NO2S/c1-23-16-6-4-13(5-7-16)17-11-15-3-2-9-20(15)19(21)18(17)14-8-10-22-12-14/h4-8,10,12,15H,2-3,9,11H2,1H3. The highest BCUT2D eigenvalue weighted by atomic mass is 32.2. The SMILES string of the molecule is CSc1ccc(C2=C(c3ccoc3)C(=O)N3CCCC3C2)cc1. The number of hydrogen-bond acceptors (Lipinski definition) is 3. The second-order valence-electron chi connectivity index (χ2n) is 6.09. The van der Waals surface area contributed by atoms with Gasteiger partial charge in [-0.05, 0) is 54.9 Å². The molecule has 4 rings (SSSR count). The molecule has 3 nitrogen and oxygen atoms in total. The minimum absolute atomic E-state index is 0.157. The Labute approximate surface area is 140 Å². The Kier molecular flexibility index (Phi) is 3.77. The number of amides is 1. The maximum Gasteiger partial charge on any atom is 0.255 e. The molecule has 2 aromatic rings. The molecule has 4 heteroatoms. The molecule has 1 fully saturated rings.